The highest BCUT2D eigenvalue weighted by Crippen LogP contribution is 2.32. The third-order valence-electron chi connectivity index (χ3n) is 2.19. The van der Waals surface area contributed by atoms with Gasteiger partial charge in [-0.05, 0) is 30.2 Å². The zero-order valence-electron chi connectivity index (χ0n) is 8.68. The molecule has 0 aliphatic heterocycles. The van der Waals surface area contributed by atoms with Gasteiger partial charge in [-0.1, -0.05) is 13.3 Å². The number of benzene rings is 1. The Hall–Kier alpha value is -1.10. The maximum absolute atomic E-state index is 12.9. The molecule has 0 saturated carbocycles. The number of aliphatic hydroxyl groups is 1. The van der Waals surface area contributed by atoms with Crippen LogP contribution in [0.15, 0.2) is 18.2 Å². The maximum atomic E-state index is 12.9. The Morgan fingerprint density at radius 2 is 1.88 bits per heavy atom. The molecular weight excluding hydrogens is 224 g/mol. The van der Waals surface area contributed by atoms with Crippen molar-refractivity contribution in [2.24, 2.45) is 0 Å². The van der Waals surface area contributed by atoms with Crippen LogP contribution in [0, 0.1) is 5.82 Å². The quantitative estimate of drug-likeness (QED) is 0.794. The van der Waals surface area contributed by atoms with Gasteiger partial charge in [0.15, 0.2) is 0 Å². The van der Waals surface area contributed by atoms with Gasteiger partial charge >= 0.3 is 6.18 Å². The van der Waals surface area contributed by atoms with Crippen molar-refractivity contribution in [2.75, 3.05) is 0 Å². The zero-order valence-corrected chi connectivity index (χ0v) is 8.68. The molecular formula is C11H12F4O. The molecule has 0 unspecified atom stereocenters. The lowest BCUT2D eigenvalue weighted by Gasteiger charge is -2.13. The molecule has 0 fully saturated rings. The lowest BCUT2D eigenvalue weighted by atomic mass is 10.0. The Morgan fingerprint density at radius 3 is 2.38 bits per heavy atom. The summed E-state index contributed by atoms with van der Waals surface area (Å²) in [4.78, 5) is 0. The van der Waals surface area contributed by atoms with E-state index in [0.717, 1.165) is 12.1 Å². The molecule has 90 valence electrons. The fourth-order valence-corrected chi connectivity index (χ4v) is 1.41. The molecule has 0 spiro atoms. The number of aliphatic hydroxyl groups excluding tert-OH is 1. The van der Waals surface area contributed by atoms with Gasteiger partial charge in [0.2, 0.25) is 0 Å². The summed E-state index contributed by atoms with van der Waals surface area (Å²) in [6.45, 7) is 1.78. The minimum absolute atomic E-state index is 0.0332. The van der Waals surface area contributed by atoms with E-state index in [9.17, 15) is 22.7 Å². The van der Waals surface area contributed by atoms with Gasteiger partial charge in [-0.3, -0.25) is 0 Å². The van der Waals surface area contributed by atoms with Crippen molar-refractivity contribution in [3.63, 3.8) is 0 Å². The minimum atomic E-state index is -4.59. The van der Waals surface area contributed by atoms with E-state index in [-0.39, 0.29) is 5.56 Å². The second-order valence-electron chi connectivity index (χ2n) is 3.58. The second kappa shape index (κ2) is 4.82. The first-order valence-corrected chi connectivity index (χ1v) is 4.90. The number of rotatable bonds is 3. The average molecular weight is 236 g/mol. The van der Waals surface area contributed by atoms with Gasteiger partial charge in [0.05, 0.1) is 11.7 Å². The molecule has 0 radical (unpaired) electrons. The molecule has 16 heavy (non-hydrogen) atoms. The summed E-state index contributed by atoms with van der Waals surface area (Å²) >= 11 is 0. The molecule has 1 rings (SSSR count). The van der Waals surface area contributed by atoms with E-state index in [1.165, 1.54) is 0 Å². The van der Waals surface area contributed by atoms with Crippen LogP contribution in [0.4, 0.5) is 17.6 Å². The van der Waals surface area contributed by atoms with Crippen LogP contribution in [0.25, 0.3) is 0 Å². The molecule has 0 aromatic heterocycles. The number of hydrogen-bond donors (Lipinski definition) is 1. The van der Waals surface area contributed by atoms with E-state index in [1.54, 1.807) is 6.92 Å². The average Bonchev–Trinajstić information content (AvgIpc) is 2.16. The Kier molecular flexibility index (Phi) is 3.91. The monoisotopic (exact) mass is 236 g/mol. The summed E-state index contributed by atoms with van der Waals surface area (Å²) in [7, 11) is 0. The number of hydrogen-bond acceptors (Lipinski definition) is 1. The van der Waals surface area contributed by atoms with Crippen molar-refractivity contribution in [1.82, 2.24) is 0 Å². The van der Waals surface area contributed by atoms with E-state index >= 15 is 0 Å². The van der Waals surface area contributed by atoms with Gasteiger partial charge in [-0.2, -0.15) is 13.2 Å². The molecule has 1 atom stereocenters. The first-order valence-electron chi connectivity index (χ1n) is 4.90. The standard InChI is InChI=1S/C11H12F4O/c1-2-3-10(16)7-4-8(11(13,14)15)6-9(12)5-7/h4-6,10,16H,2-3H2,1H3/t10-/m1/s1. The predicted octanol–water partition coefficient (Wildman–Crippen LogP) is 3.68. The highest BCUT2D eigenvalue weighted by atomic mass is 19.4. The summed E-state index contributed by atoms with van der Waals surface area (Å²) in [6.07, 6.45) is -4.73. The topological polar surface area (TPSA) is 20.2 Å². The summed E-state index contributed by atoms with van der Waals surface area (Å²) in [5.74, 6) is -0.986. The van der Waals surface area contributed by atoms with Crippen LogP contribution in [0.3, 0.4) is 0 Å². The van der Waals surface area contributed by atoms with E-state index in [2.05, 4.69) is 0 Å². The fraction of sp³-hybridized carbons (Fsp3) is 0.455. The van der Waals surface area contributed by atoms with Gasteiger partial charge in [-0.15, -0.1) is 0 Å². The van der Waals surface area contributed by atoms with Gasteiger partial charge in [0, 0.05) is 0 Å². The van der Waals surface area contributed by atoms with Crippen LogP contribution < -0.4 is 0 Å². The first kappa shape index (κ1) is 13.0. The van der Waals surface area contributed by atoms with Crippen LogP contribution >= 0.6 is 0 Å². The van der Waals surface area contributed by atoms with Crippen molar-refractivity contribution in [3.05, 3.63) is 35.1 Å². The fourth-order valence-electron chi connectivity index (χ4n) is 1.41. The second-order valence-corrected chi connectivity index (χ2v) is 3.58. The first-order chi connectivity index (χ1) is 7.34. The maximum Gasteiger partial charge on any atom is 0.416 e. The molecule has 0 saturated heterocycles. The Bertz CT molecular complexity index is 359. The smallest absolute Gasteiger partial charge is 0.388 e. The zero-order chi connectivity index (χ0) is 12.3. The molecule has 5 heteroatoms. The normalized spacial score (nSPS) is 13.9. The largest absolute Gasteiger partial charge is 0.416 e. The van der Waals surface area contributed by atoms with Crippen LogP contribution in [-0.2, 0) is 6.18 Å². The highest BCUT2D eigenvalue weighted by molar-refractivity contribution is 5.28. The van der Waals surface area contributed by atoms with Gasteiger partial charge in [0.1, 0.15) is 5.82 Å². The highest BCUT2D eigenvalue weighted by Gasteiger charge is 2.31. The third-order valence-corrected chi connectivity index (χ3v) is 2.19. The van der Waals surface area contributed by atoms with Crippen molar-refractivity contribution in [3.8, 4) is 0 Å². The van der Waals surface area contributed by atoms with Crippen LogP contribution in [0.1, 0.15) is 37.0 Å². The summed E-state index contributed by atoms with van der Waals surface area (Å²) in [5.41, 5.74) is -1.10. The van der Waals surface area contributed by atoms with Crippen molar-refractivity contribution in [1.29, 1.82) is 0 Å². The lowest BCUT2D eigenvalue weighted by molar-refractivity contribution is -0.137. The summed E-state index contributed by atoms with van der Waals surface area (Å²) in [6, 6.07) is 2.13. The molecule has 0 heterocycles. The summed E-state index contributed by atoms with van der Waals surface area (Å²) in [5, 5.41) is 9.50. The van der Waals surface area contributed by atoms with Crippen LogP contribution in [0.2, 0.25) is 0 Å². The van der Waals surface area contributed by atoms with Crippen LogP contribution in [0.5, 0.6) is 0 Å². The van der Waals surface area contributed by atoms with E-state index in [0.29, 0.717) is 18.9 Å². The molecule has 1 aromatic carbocycles. The van der Waals surface area contributed by atoms with Crippen molar-refractivity contribution >= 4 is 0 Å². The Balaban J connectivity index is 3.08. The molecule has 0 aliphatic rings. The minimum Gasteiger partial charge on any atom is -0.388 e. The van der Waals surface area contributed by atoms with Gasteiger partial charge in [-0.25, -0.2) is 4.39 Å². The number of halogens is 4. The molecule has 0 amide bonds. The van der Waals surface area contributed by atoms with Crippen molar-refractivity contribution < 1.29 is 22.7 Å². The molecule has 0 aliphatic carbocycles. The van der Waals surface area contributed by atoms with Gasteiger partial charge < -0.3 is 5.11 Å². The molecule has 1 aromatic rings. The Labute approximate surface area is 90.7 Å². The summed E-state index contributed by atoms with van der Waals surface area (Å²) < 4.78 is 50.0. The van der Waals surface area contributed by atoms with Crippen molar-refractivity contribution in [2.45, 2.75) is 32.0 Å². The lowest BCUT2D eigenvalue weighted by Crippen LogP contribution is -2.08. The van der Waals surface area contributed by atoms with Crippen LogP contribution in [-0.4, -0.2) is 5.11 Å². The molecule has 1 N–H and O–H groups in total. The van der Waals surface area contributed by atoms with E-state index < -0.39 is 23.7 Å². The van der Waals surface area contributed by atoms with E-state index in [4.69, 9.17) is 0 Å². The SMILES string of the molecule is CCC[C@@H](O)c1cc(F)cc(C(F)(F)F)c1. The van der Waals surface area contributed by atoms with E-state index in [1.807, 2.05) is 0 Å². The number of alkyl halides is 3. The molecule has 0 bridgehead atoms. The Morgan fingerprint density at radius 1 is 1.25 bits per heavy atom. The third kappa shape index (κ3) is 3.20. The van der Waals surface area contributed by atoms with Gasteiger partial charge in [0.25, 0.3) is 0 Å². The molecule has 1 nitrogen and oxygen atoms in total. The predicted molar refractivity (Wildman–Crippen MR) is 51.3 cm³/mol.